The van der Waals surface area contributed by atoms with Gasteiger partial charge in [-0.3, -0.25) is 4.68 Å². The molecule has 1 saturated carbocycles. The lowest BCUT2D eigenvalue weighted by Crippen LogP contribution is -2.37. The first-order chi connectivity index (χ1) is 13.2. The van der Waals surface area contributed by atoms with E-state index in [1.807, 2.05) is 4.68 Å². The van der Waals surface area contributed by atoms with Crippen LogP contribution in [0.1, 0.15) is 68.8 Å². The molecular formula is C21H40IN5O. The Morgan fingerprint density at radius 1 is 1.21 bits per heavy atom. The first-order valence-electron chi connectivity index (χ1n) is 10.7. The molecule has 1 heterocycles. The topological polar surface area (TPSA) is 63.5 Å². The Balaban J connectivity index is 0.00000392. The summed E-state index contributed by atoms with van der Waals surface area (Å²) in [6.07, 6.45) is 9.73. The molecule has 162 valence electrons. The van der Waals surface area contributed by atoms with Crippen LogP contribution in [0.15, 0.2) is 4.99 Å². The minimum Gasteiger partial charge on any atom is -0.383 e. The smallest absolute Gasteiger partial charge is 0.191 e. The lowest BCUT2D eigenvalue weighted by molar-refractivity contribution is 0.182. The van der Waals surface area contributed by atoms with Crippen molar-refractivity contribution in [1.82, 2.24) is 20.4 Å². The second-order valence-corrected chi connectivity index (χ2v) is 7.63. The third kappa shape index (κ3) is 8.27. The number of hydrogen-bond donors (Lipinski definition) is 2. The molecule has 28 heavy (non-hydrogen) atoms. The Labute approximate surface area is 188 Å². The molecule has 0 unspecified atom stereocenters. The molecule has 1 fully saturated rings. The van der Waals surface area contributed by atoms with E-state index in [0.717, 1.165) is 37.2 Å². The number of nitrogens with zero attached hydrogens (tertiary/aromatic N) is 3. The van der Waals surface area contributed by atoms with Gasteiger partial charge in [-0.05, 0) is 33.1 Å². The van der Waals surface area contributed by atoms with Crippen molar-refractivity contribution in [3.8, 4) is 0 Å². The molecule has 6 nitrogen and oxygen atoms in total. The van der Waals surface area contributed by atoms with Crippen molar-refractivity contribution in [3.05, 3.63) is 17.0 Å². The first-order valence-corrected chi connectivity index (χ1v) is 10.7. The van der Waals surface area contributed by atoms with Gasteiger partial charge in [-0.25, -0.2) is 4.99 Å². The molecule has 0 aromatic carbocycles. The average Bonchev–Trinajstić information content (AvgIpc) is 3.26. The van der Waals surface area contributed by atoms with Crippen LogP contribution in [-0.4, -0.2) is 42.5 Å². The number of guanidine groups is 1. The SMILES string of the molecule is CCNC(=NCc1c(C)nn(CCOC)c1C)NCCCCC1CCCC1.I. The van der Waals surface area contributed by atoms with Crippen LogP contribution in [0.3, 0.4) is 0 Å². The second kappa shape index (κ2) is 14.2. The van der Waals surface area contributed by atoms with Gasteiger partial charge in [0, 0.05) is 31.5 Å². The van der Waals surface area contributed by atoms with E-state index < -0.39 is 0 Å². The van der Waals surface area contributed by atoms with E-state index >= 15 is 0 Å². The summed E-state index contributed by atoms with van der Waals surface area (Å²) in [4.78, 5) is 4.78. The average molecular weight is 505 g/mol. The van der Waals surface area contributed by atoms with Gasteiger partial charge in [0.15, 0.2) is 5.96 Å². The molecule has 0 radical (unpaired) electrons. The molecule has 1 aromatic rings. The predicted molar refractivity (Wildman–Crippen MR) is 128 cm³/mol. The molecule has 2 rings (SSSR count). The summed E-state index contributed by atoms with van der Waals surface area (Å²) in [5, 5.41) is 11.5. The van der Waals surface area contributed by atoms with Crippen molar-refractivity contribution >= 4 is 29.9 Å². The number of hydrogen-bond acceptors (Lipinski definition) is 3. The summed E-state index contributed by atoms with van der Waals surface area (Å²) in [7, 11) is 1.72. The lowest BCUT2D eigenvalue weighted by atomic mass is 10.0. The summed E-state index contributed by atoms with van der Waals surface area (Å²) in [6, 6.07) is 0. The van der Waals surface area contributed by atoms with Crippen molar-refractivity contribution < 1.29 is 4.74 Å². The Kier molecular flexibility index (Phi) is 12.8. The Hall–Kier alpha value is -0.830. The van der Waals surface area contributed by atoms with E-state index in [4.69, 9.17) is 9.73 Å². The lowest BCUT2D eigenvalue weighted by Gasteiger charge is -2.12. The molecule has 1 aliphatic rings. The number of halogens is 1. The molecular weight excluding hydrogens is 465 g/mol. The van der Waals surface area contributed by atoms with Crippen LogP contribution in [0.25, 0.3) is 0 Å². The molecule has 0 saturated heterocycles. The zero-order valence-electron chi connectivity index (χ0n) is 18.2. The number of unbranched alkanes of at least 4 members (excludes halogenated alkanes) is 1. The number of aryl methyl sites for hydroxylation is 1. The molecule has 0 aliphatic heterocycles. The van der Waals surface area contributed by atoms with Gasteiger partial charge in [0.1, 0.15) is 0 Å². The van der Waals surface area contributed by atoms with Crippen molar-refractivity contribution in [2.24, 2.45) is 10.9 Å². The fourth-order valence-electron chi connectivity index (χ4n) is 3.92. The van der Waals surface area contributed by atoms with Gasteiger partial charge in [0.05, 0.1) is 25.4 Å². The molecule has 1 aromatic heterocycles. The first kappa shape index (κ1) is 25.2. The van der Waals surface area contributed by atoms with Crippen LogP contribution in [0.2, 0.25) is 0 Å². The van der Waals surface area contributed by atoms with Crippen LogP contribution in [0.4, 0.5) is 0 Å². The van der Waals surface area contributed by atoms with Gasteiger partial charge >= 0.3 is 0 Å². The zero-order chi connectivity index (χ0) is 19.5. The molecule has 0 amide bonds. The van der Waals surface area contributed by atoms with Gasteiger partial charge in [-0.15, -0.1) is 24.0 Å². The van der Waals surface area contributed by atoms with Crippen LogP contribution < -0.4 is 10.6 Å². The summed E-state index contributed by atoms with van der Waals surface area (Å²) < 4.78 is 7.19. The fraction of sp³-hybridized carbons (Fsp3) is 0.810. The highest BCUT2D eigenvalue weighted by Crippen LogP contribution is 2.28. The maximum Gasteiger partial charge on any atom is 0.191 e. The van der Waals surface area contributed by atoms with Crippen LogP contribution in [-0.2, 0) is 17.8 Å². The number of rotatable bonds is 11. The highest BCUT2D eigenvalue weighted by atomic mass is 127. The molecule has 0 bridgehead atoms. The summed E-state index contributed by atoms with van der Waals surface area (Å²) in [5.74, 6) is 1.90. The molecule has 0 atom stereocenters. The molecule has 2 N–H and O–H groups in total. The summed E-state index contributed by atoms with van der Waals surface area (Å²) in [5.41, 5.74) is 3.45. The van der Waals surface area contributed by atoms with Gasteiger partial charge in [0.25, 0.3) is 0 Å². The van der Waals surface area contributed by atoms with Crippen molar-refractivity contribution in [2.75, 3.05) is 26.8 Å². The van der Waals surface area contributed by atoms with E-state index in [-0.39, 0.29) is 24.0 Å². The van der Waals surface area contributed by atoms with Crippen LogP contribution in [0.5, 0.6) is 0 Å². The summed E-state index contributed by atoms with van der Waals surface area (Å²) >= 11 is 0. The second-order valence-electron chi connectivity index (χ2n) is 7.63. The van der Waals surface area contributed by atoms with Gasteiger partial charge < -0.3 is 15.4 Å². The van der Waals surface area contributed by atoms with Crippen molar-refractivity contribution in [3.63, 3.8) is 0 Å². The predicted octanol–water partition coefficient (Wildman–Crippen LogP) is 4.18. The quantitative estimate of drug-likeness (QED) is 0.205. The molecule has 0 spiro atoms. The van der Waals surface area contributed by atoms with Gasteiger partial charge in [-0.2, -0.15) is 5.10 Å². The number of aliphatic imine (C=N–C) groups is 1. The Morgan fingerprint density at radius 2 is 1.96 bits per heavy atom. The molecule has 1 aliphatic carbocycles. The minimum absolute atomic E-state index is 0. The van der Waals surface area contributed by atoms with E-state index in [0.29, 0.717) is 13.2 Å². The fourth-order valence-corrected chi connectivity index (χ4v) is 3.92. The van der Waals surface area contributed by atoms with E-state index in [1.54, 1.807) is 7.11 Å². The Morgan fingerprint density at radius 3 is 2.64 bits per heavy atom. The van der Waals surface area contributed by atoms with E-state index in [1.165, 1.54) is 56.2 Å². The number of aromatic nitrogens is 2. The highest BCUT2D eigenvalue weighted by Gasteiger charge is 2.14. The number of nitrogens with one attached hydrogen (secondary N) is 2. The standard InChI is InChI=1S/C21H39N5O.HI/c1-5-22-21(23-13-9-8-12-19-10-6-7-11-19)24-16-20-17(2)25-26(18(20)3)14-15-27-4;/h19H,5-16H2,1-4H3,(H2,22,23,24);1H. The van der Waals surface area contributed by atoms with Crippen LogP contribution >= 0.6 is 24.0 Å². The normalized spacial score (nSPS) is 14.9. The van der Waals surface area contributed by atoms with E-state index in [9.17, 15) is 0 Å². The zero-order valence-corrected chi connectivity index (χ0v) is 20.6. The third-order valence-electron chi connectivity index (χ3n) is 5.58. The maximum atomic E-state index is 5.17. The summed E-state index contributed by atoms with van der Waals surface area (Å²) in [6.45, 7) is 10.3. The largest absolute Gasteiger partial charge is 0.383 e. The highest BCUT2D eigenvalue weighted by molar-refractivity contribution is 14.0. The minimum atomic E-state index is 0. The number of ether oxygens (including phenoxy) is 1. The Bertz CT molecular complexity index is 582. The van der Waals surface area contributed by atoms with Gasteiger partial charge in [-0.1, -0.05) is 38.5 Å². The maximum absolute atomic E-state index is 5.17. The van der Waals surface area contributed by atoms with Crippen LogP contribution in [0, 0.1) is 19.8 Å². The molecule has 7 heteroatoms. The number of methoxy groups -OCH3 is 1. The van der Waals surface area contributed by atoms with Gasteiger partial charge in [0.2, 0.25) is 0 Å². The third-order valence-corrected chi connectivity index (χ3v) is 5.58. The monoisotopic (exact) mass is 505 g/mol. The van der Waals surface area contributed by atoms with Crippen molar-refractivity contribution in [1.29, 1.82) is 0 Å². The van der Waals surface area contributed by atoms with Crippen molar-refractivity contribution in [2.45, 2.75) is 78.8 Å². The van der Waals surface area contributed by atoms with E-state index in [2.05, 4.69) is 36.5 Å².